The van der Waals surface area contributed by atoms with E-state index in [2.05, 4.69) is 48.5 Å². The molecule has 0 saturated carbocycles. The van der Waals surface area contributed by atoms with Crippen molar-refractivity contribution in [3.63, 3.8) is 0 Å². The minimum absolute atomic E-state index is 1.10. The van der Waals surface area contributed by atoms with Gasteiger partial charge in [-0.25, -0.2) is 0 Å². The average Bonchev–Trinajstić information content (AvgIpc) is 2.66. The van der Waals surface area contributed by atoms with E-state index in [1.165, 1.54) is 22.3 Å². The van der Waals surface area contributed by atoms with E-state index < -0.39 is 6.68 Å². The molecule has 0 aliphatic heterocycles. The summed E-state index contributed by atoms with van der Waals surface area (Å²) in [6.07, 6.45) is 1.10. The summed E-state index contributed by atoms with van der Waals surface area (Å²) in [5, 5.41) is 0. The van der Waals surface area contributed by atoms with Crippen LogP contribution in [-0.2, 0) is 6.42 Å². The highest BCUT2D eigenvalue weighted by molar-refractivity contribution is 5.76. The van der Waals surface area contributed by atoms with Crippen LogP contribution in [0.5, 0.6) is 0 Å². The third kappa shape index (κ3) is 2.67. The second-order valence-electron chi connectivity index (χ2n) is 3.74. The Kier molecular flexibility index (Phi) is 3.47. The van der Waals surface area contributed by atoms with Gasteiger partial charge < -0.3 is 0 Å². The van der Waals surface area contributed by atoms with E-state index in [1.807, 2.05) is 0 Å². The van der Waals surface area contributed by atoms with E-state index in [9.17, 15) is 13.2 Å². The molecular formula is C14H11F3. The molecule has 0 nitrogen and oxygen atoms in total. The molecular weight excluding hydrogens is 225 g/mol. The normalized spacial score (nSPS) is 11.5. The molecule has 17 heavy (non-hydrogen) atoms. The van der Waals surface area contributed by atoms with Crippen LogP contribution in [-0.4, -0.2) is 6.68 Å². The van der Waals surface area contributed by atoms with Gasteiger partial charge in [-0.2, -0.15) is 13.2 Å². The van der Waals surface area contributed by atoms with Crippen molar-refractivity contribution in [2.75, 3.05) is 0 Å². The summed E-state index contributed by atoms with van der Waals surface area (Å²) < 4.78 is 29.0. The van der Waals surface area contributed by atoms with Crippen molar-refractivity contribution < 1.29 is 13.2 Å². The number of hydrogen-bond donors (Lipinski definition) is 0. The molecule has 0 atom stereocenters. The number of fused-ring (bicyclic) bond motifs is 3. The molecule has 0 N–H and O–H groups in total. The van der Waals surface area contributed by atoms with Crippen LogP contribution in [0.15, 0.2) is 48.5 Å². The van der Waals surface area contributed by atoms with Crippen LogP contribution in [0.3, 0.4) is 0 Å². The molecule has 0 radical (unpaired) electrons. The van der Waals surface area contributed by atoms with Gasteiger partial charge >= 0.3 is 6.68 Å². The van der Waals surface area contributed by atoms with Crippen molar-refractivity contribution in [2.45, 2.75) is 13.1 Å². The van der Waals surface area contributed by atoms with E-state index in [1.54, 1.807) is 0 Å². The Balaban J connectivity index is 0.000000239. The standard InChI is InChI=1S/C13H10.CHF3/c1-3-7-12-10(5-1)9-11-6-2-4-8-13(11)12;2-1(3)4/h1-8H,9H2;1H. The maximum atomic E-state index is 9.67. The second-order valence-corrected chi connectivity index (χ2v) is 3.74. The Morgan fingerprint density at radius 1 is 0.706 bits per heavy atom. The zero-order valence-electron chi connectivity index (χ0n) is 9.04. The van der Waals surface area contributed by atoms with Crippen molar-refractivity contribution in [2.24, 2.45) is 0 Å². The molecule has 1 aliphatic rings. The maximum Gasteiger partial charge on any atom is 0.379 e. The van der Waals surface area contributed by atoms with Crippen molar-refractivity contribution in [1.29, 1.82) is 0 Å². The molecule has 0 bridgehead atoms. The molecule has 0 saturated heterocycles. The van der Waals surface area contributed by atoms with E-state index in [4.69, 9.17) is 0 Å². The molecule has 0 amide bonds. The number of hydrogen-bond acceptors (Lipinski definition) is 0. The van der Waals surface area contributed by atoms with Crippen molar-refractivity contribution in [1.82, 2.24) is 0 Å². The van der Waals surface area contributed by atoms with Crippen LogP contribution in [0.1, 0.15) is 11.1 Å². The first kappa shape index (κ1) is 11.7. The van der Waals surface area contributed by atoms with Gasteiger partial charge in [0.05, 0.1) is 0 Å². The molecule has 1 aliphatic carbocycles. The Labute approximate surface area is 97.7 Å². The highest BCUT2D eigenvalue weighted by Crippen LogP contribution is 2.35. The fourth-order valence-corrected chi connectivity index (χ4v) is 2.08. The minimum atomic E-state index is -3.67. The van der Waals surface area contributed by atoms with Crippen molar-refractivity contribution >= 4 is 0 Å². The summed E-state index contributed by atoms with van der Waals surface area (Å²) in [6.45, 7) is -3.67. The van der Waals surface area contributed by atoms with Crippen LogP contribution < -0.4 is 0 Å². The second kappa shape index (κ2) is 5.04. The van der Waals surface area contributed by atoms with Crippen LogP contribution in [0, 0.1) is 0 Å². The molecule has 3 rings (SSSR count). The summed E-state index contributed by atoms with van der Waals surface area (Å²) in [6, 6.07) is 17.3. The topological polar surface area (TPSA) is 0 Å². The lowest BCUT2D eigenvalue weighted by atomic mass is 10.1. The molecule has 0 spiro atoms. The van der Waals surface area contributed by atoms with Gasteiger partial charge in [0.1, 0.15) is 0 Å². The number of rotatable bonds is 0. The summed E-state index contributed by atoms with van der Waals surface area (Å²) >= 11 is 0. The summed E-state index contributed by atoms with van der Waals surface area (Å²) in [4.78, 5) is 0. The summed E-state index contributed by atoms with van der Waals surface area (Å²) in [7, 11) is 0. The van der Waals surface area contributed by atoms with Crippen LogP contribution >= 0.6 is 0 Å². The van der Waals surface area contributed by atoms with Crippen LogP contribution in [0.2, 0.25) is 0 Å². The number of halogens is 3. The molecule has 0 fully saturated rings. The van der Waals surface area contributed by atoms with Gasteiger partial charge in [0, 0.05) is 0 Å². The summed E-state index contributed by atoms with van der Waals surface area (Å²) in [5.41, 5.74) is 5.75. The molecule has 88 valence electrons. The Bertz CT molecular complexity index is 460. The van der Waals surface area contributed by atoms with Crippen molar-refractivity contribution in [3.05, 3.63) is 59.7 Å². The third-order valence-corrected chi connectivity index (χ3v) is 2.71. The predicted octanol–water partition coefficient (Wildman–Crippen LogP) is 4.44. The Hall–Kier alpha value is -1.77. The molecule has 2 aromatic carbocycles. The first-order valence-corrected chi connectivity index (χ1v) is 5.27. The molecule has 0 aromatic heterocycles. The van der Waals surface area contributed by atoms with E-state index >= 15 is 0 Å². The number of benzene rings is 2. The monoisotopic (exact) mass is 236 g/mol. The first-order chi connectivity index (χ1) is 8.18. The van der Waals surface area contributed by atoms with Crippen LogP contribution in [0.4, 0.5) is 13.2 Å². The third-order valence-electron chi connectivity index (χ3n) is 2.71. The quantitative estimate of drug-likeness (QED) is 0.541. The average molecular weight is 236 g/mol. The van der Waals surface area contributed by atoms with E-state index in [0.29, 0.717) is 0 Å². The van der Waals surface area contributed by atoms with Gasteiger partial charge in [0.15, 0.2) is 0 Å². The maximum absolute atomic E-state index is 9.67. The number of alkyl halides is 3. The van der Waals surface area contributed by atoms with Gasteiger partial charge in [0.2, 0.25) is 0 Å². The lowest BCUT2D eigenvalue weighted by Gasteiger charge is -1.98. The lowest BCUT2D eigenvalue weighted by Crippen LogP contribution is -1.77. The Morgan fingerprint density at radius 2 is 1.06 bits per heavy atom. The fraction of sp³-hybridized carbons (Fsp3) is 0.143. The van der Waals surface area contributed by atoms with Gasteiger partial charge in [-0.05, 0) is 28.7 Å². The Morgan fingerprint density at radius 3 is 1.47 bits per heavy atom. The zero-order chi connectivity index (χ0) is 12.3. The van der Waals surface area contributed by atoms with Gasteiger partial charge in [0.25, 0.3) is 0 Å². The zero-order valence-corrected chi connectivity index (χ0v) is 9.04. The van der Waals surface area contributed by atoms with Crippen LogP contribution in [0.25, 0.3) is 11.1 Å². The van der Waals surface area contributed by atoms with Crippen molar-refractivity contribution in [3.8, 4) is 11.1 Å². The SMILES string of the molecule is FC(F)F.c1ccc2c(c1)Cc1ccccc1-2. The highest BCUT2D eigenvalue weighted by Gasteiger charge is 2.15. The first-order valence-electron chi connectivity index (χ1n) is 5.27. The molecule has 0 heterocycles. The largest absolute Gasteiger partial charge is 0.379 e. The van der Waals surface area contributed by atoms with Gasteiger partial charge in [-0.3, -0.25) is 0 Å². The summed E-state index contributed by atoms with van der Waals surface area (Å²) in [5.74, 6) is 0. The highest BCUT2D eigenvalue weighted by atomic mass is 19.4. The minimum Gasteiger partial charge on any atom is -0.174 e. The smallest absolute Gasteiger partial charge is 0.174 e. The van der Waals surface area contributed by atoms with Gasteiger partial charge in [-0.1, -0.05) is 48.5 Å². The lowest BCUT2D eigenvalue weighted by molar-refractivity contribution is 0.00819. The molecule has 3 heteroatoms. The van der Waals surface area contributed by atoms with E-state index in [0.717, 1.165) is 6.42 Å². The molecule has 0 unspecified atom stereocenters. The predicted molar refractivity (Wildman–Crippen MR) is 61.8 cm³/mol. The fourth-order valence-electron chi connectivity index (χ4n) is 2.08. The van der Waals surface area contributed by atoms with E-state index in [-0.39, 0.29) is 0 Å². The molecule has 2 aromatic rings. The van der Waals surface area contributed by atoms with Gasteiger partial charge in [-0.15, -0.1) is 0 Å².